The molecule has 7 nitrogen and oxygen atoms in total. The van der Waals surface area contributed by atoms with Gasteiger partial charge < -0.3 is 20.4 Å². The number of carbonyl (C=O) groups is 1. The lowest BCUT2D eigenvalue weighted by molar-refractivity contribution is 0.0936. The molecule has 27 heavy (non-hydrogen) atoms. The zero-order chi connectivity index (χ0) is 19.0. The summed E-state index contributed by atoms with van der Waals surface area (Å²) < 4.78 is 7.66. The lowest BCUT2D eigenvalue weighted by Gasteiger charge is -2.14. The average molecular weight is 367 g/mol. The molecule has 3 aromatic rings. The van der Waals surface area contributed by atoms with Crippen molar-refractivity contribution in [2.45, 2.75) is 51.8 Å². The minimum Gasteiger partial charge on any atom is -0.384 e. The number of para-hydroxylation sites is 2. The number of benzene rings is 1. The number of fused-ring (bicyclic) bond motifs is 2. The summed E-state index contributed by atoms with van der Waals surface area (Å²) in [6.07, 6.45) is 2.95. The molecule has 0 radical (unpaired) electrons. The number of nitrogen functional groups attached to an aromatic ring is 1. The largest absolute Gasteiger partial charge is 0.384 e. The van der Waals surface area contributed by atoms with E-state index in [0.717, 1.165) is 36.9 Å². The van der Waals surface area contributed by atoms with E-state index in [1.165, 1.54) is 0 Å². The van der Waals surface area contributed by atoms with Crippen LogP contribution in [-0.2, 0) is 11.3 Å². The molecule has 1 aliphatic rings. The first kappa shape index (κ1) is 17.7. The molecule has 1 saturated heterocycles. The molecule has 3 heterocycles. The van der Waals surface area contributed by atoms with Gasteiger partial charge in [-0.05, 0) is 38.3 Å². The molecule has 1 aromatic carbocycles. The molecule has 1 amide bonds. The summed E-state index contributed by atoms with van der Waals surface area (Å²) in [5.74, 6) is 0.194. The van der Waals surface area contributed by atoms with Gasteiger partial charge in [-0.2, -0.15) is 0 Å². The van der Waals surface area contributed by atoms with Gasteiger partial charge in [-0.15, -0.1) is 0 Å². The summed E-state index contributed by atoms with van der Waals surface area (Å²) in [6.45, 7) is 5.34. The maximum Gasteiger partial charge on any atom is 0.257 e. The number of hydrogen-bond acceptors (Lipinski definition) is 5. The van der Waals surface area contributed by atoms with Gasteiger partial charge in [0, 0.05) is 12.6 Å². The van der Waals surface area contributed by atoms with Gasteiger partial charge in [-0.25, -0.2) is 9.97 Å². The topological polar surface area (TPSA) is 95.1 Å². The summed E-state index contributed by atoms with van der Waals surface area (Å²) in [5, 5.41) is 3.00. The van der Waals surface area contributed by atoms with Crippen molar-refractivity contribution in [2.24, 2.45) is 0 Å². The van der Waals surface area contributed by atoms with E-state index in [1.807, 2.05) is 42.7 Å². The zero-order valence-corrected chi connectivity index (χ0v) is 15.7. The Morgan fingerprint density at radius 3 is 2.78 bits per heavy atom. The number of nitrogens with two attached hydrogens (primary N) is 1. The van der Waals surface area contributed by atoms with Crippen molar-refractivity contribution >= 4 is 33.9 Å². The van der Waals surface area contributed by atoms with Crippen LogP contribution in [0.25, 0.3) is 22.2 Å². The Balaban J connectivity index is 1.88. The monoisotopic (exact) mass is 367 g/mol. The highest BCUT2D eigenvalue weighted by molar-refractivity contribution is 6.10. The molecule has 0 unspecified atom stereocenters. The Hall–Kier alpha value is -2.67. The van der Waals surface area contributed by atoms with Gasteiger partial charge in [0.15, 0.2) is 5.65 Å². The van der Waals surface area contributed by atoms with E-state index in [-0.39, 0.29) is 18.1 Å². The smallest absolute Gasteiger partial charge is 0.257 e. The normalized spacial score (nSPS) is 18.2. The van der Waals surface area contributed by atoms with E-state index in [1.54, 1.807) is 0 Å². The minimum atomic E-state index is -0.206. The molecular weight excluding hydrogens is 342 g/mol. The highest BCUT2D eigenvalue weighted by Gasteiger charge is 2.27. The van der Waals surface area contributed by atoms with Gasteiger partial charge in [0.25, 0.3) is 5.91 Å². The van der Waals surface area contributed by atoms with Crippen molar-refractivity contribution in [2.75, 3.05) is 12.3 Å². The summed E-state index contributed by atoms with van der Waals surface area (Å²) in [4.78, 5) is 22.4. The van der Waals surface area contributed by atoms with Gasteiger partial charge in [-0.3, -0.25) is 4.79 Å². The van der Waals surface area contributed by atoms with Gasteiger partial charge >= 0.3 is 0 Å². The van der Waals surface area contributed by atoms with E-state index in [0.29, 0.717) is 29.1 Å². The van der Waals surface area contributed by atoms with E-state index in [4.69, 9.17) is 20.4 Å². The number of hydrogen-bond donors (Lipinski definition) is 2. The minimum absolute atomic E-state index is 0.0573. The predicted molar refractivity (Wildman–Crippen MR) is 106 cm³/mol. The van der Waals surface area contributed by atoms with E-state index < -0.39 is 0 Å². The SMILES string of the molecule is CC[C@H](C)NC(=O)c1c(N)n(C[C@H]2CCCO2)c2nc3ccccc3nc12. The average Bonchev–Trinajstić information content (AvgIpc) is 3.27. The molecule has 0 aliphatic carbocycles. The number of ether oxygens (including phenoxy) is 1. The zero-order valence-electron chi connectivity index (χ0n) is 15.7. The number of aromatic nitrogens is 3. The van der Waals surface area contributed by atoms with Gasteiger partial charge in [0.1, 0.15) is 16.9 Å². The standard InChI is InChI=1S/C20H25N5O2/c1-3-12(2)22-20(26)16-17-19(24-15-9-5-4-8-14(15)23-17)25(18(16)21)11-13-7-6-10-27-13/h4-5,8-9,12-13H,3,6-7,10-11,21H2,1-2H3,(H,22,26)/t12-,13+/m0/s1. The van der Waals surface area contributed by atoms with Crippen LogP contribution in [0.3, 0.4) is 0 Å². The molecule has 1 aliphatic heterocycles. The third-order valence-corrected chi connectivity index (χ3v) is 5.22. The number of amides is 1. The van der Waals surface area contributed by atoms with Crippen LogP contribution in [-0.4, -0.2) is 39.2 Å². The van der Waals surface area contributed by atoms with Crippen molar-refractivity contribution in [1.82, 2.24) is 19.9 Å². The number of anilines is 1. The maximum atomic E-state index is 12.9. The Morgan fingerprint density at radius 2 is 2.11 bits per heavy atom. The molecule has 4 rings (SSSR count). The lowest BCUT2D eigenvalue weighted by atomic mass is 10.2. The van der Waals surface area contributed by atoms with Gasteiger partial charge in [0.05, 0.1) is 23.7 Å². The van der Waals surface area contributed by atoms with Crippen LogP contribution in [0.4, 0.5) is 5.82 Å². The summed E-state index contributed by atoms with van der Waals surface area (Å²) in [6, 6.07) is 7.71. The molecule has 0 saturated carbocycles. The van der Waals surface area contributed by atoms with E-state index in [2.05, 4.69) is 5.32 Å². The fourth-order valence-corrected chi connectivity index (χ4v) is 3.52. The van der Waals surface area contributed by atoms with Crippen LogP contribution in [0.5, 0.6) is 0 Å². The second kappa shape index (κ2) is 7.15. The van der Waals surface area contributed by atoms with Crippen LogP contribution in [0.1, 0.15) is 43.5 Å². The van der Waals surface area contributed by atoms with Crippen LogP contribution in [0.15, 0.2) is 24.3 Å². The third-order valence-electron chi connectivity index (χ3n) is 5.22. The molecule has 1 fully saturated rings. The third kappa shape index (κ3) is 3.23. The quantitative estimate of drug-likeness (QED) is 0.723. The molecule has 2 atom stereocenters. The fourth-order valence-electron chi connectivity index (χ4n) is 3.52. The molecule has 7 heteroatoms. The molecule has 142 valence electrons. The Bertz CT molecular complexity index is 991. The first-order chi connectivity index (χ1) is 13.1. The first-order valence-electron chi connectivity index (χ1n) is 9.55. The van der Waals surface area contributed by atoms with Crippen molar-refractivity contribution in [3.8, 4) is 0 Å². The van der Waals surface area contributed by atoms with Gasteiger partial charge in [0.2, 0.25) is 0 Å². The van der Waals surface area contributed by atoms with Gasteiger partial charge in [-0.1, -0.05) is 19.1 Å². The van der Waals surface area contributed by atoms with Crippen LogP contribution in [0, 0.1) is 0 Å². The fraction of sp³-hybridized carbons (Fsp3) is 0.450. The second-order valence-electron chi connectivity index (χ2n) is 7.17. The Morgan fingerprint density at radius 1 is 1.37 bits per heavy atom. The summed E-state index contributed by atoms with van der Waals surface area (Å²) >= 11 is 0. The van der Waals surface area contributed by atoms with Crippen molar-refractivity contribution in [3.63, 3.8) is 0 Å². The van der Waals surface area contributed by atoms with Crippen molar-refractivity contribution in [1.29, 1.82) is 0 Å². The molecular formula is C20H25N5O2. The molecule has 3 N–H and O–H groups in total. The number of carbonyl (C=O) groups excluding carboxylic acids is 1. The van der Waals surface area contributed by atoms with Crippen molar-refractivity contribution in [3.05, 3.63) is 29.8 Å². The summed E-state index contributed by atoms with van der Waals surface area (Å²) in [5.41, 5.74) is 9.56. The first-order valence-corrected chi connectivity index (χ1v) is 9.55. The van der Waals surface area contributed by atoms with Crippen LogP contribution < -0.4 is 11.1 Å². The molecule has 0 spiro atoms. The lowest BCUT2D eigenvalue weighted by Crippen LogP contribution is -2.32. The second-order valence-corrected chi connectivity index (χ2v) is 7.17. The predicted octanol–water partition coefficient (Wildman–Crippen LogP) is 2.87. The number of nitrogens with zero attached hydrogens (tertiary/aromatic N) is 3. The highest BCUT2D eigenvalue weighted by atomic mass is 16.5. The van der Waals surface area contributed by atoms with E-state index in [9.17, 15) is 4.79 Å². The molecule has 2 aromatic heterocycles. The maximum absolute atomic E-state index is 12.9. The Labute approximate surface area is 157 Å². The Kier molecular flexibility index (Phi) is 4.70. The van der Waals surface area contributed by atoms with Crippen molar-refractivity contribution < 1.29 is 9.53 Å². The van der Waals surface area contributed by atoms with Crippen LogP contribution >= 0.6 is 0 Å². The highest BCUT2D eigenvalue weighted by Crippen LogP contribution is 2.29. The summed E-state index contributed by atoms with van der Waals surface area (Å²) in [7, 11) is 0. The van der Waals surface area contributed by atoms with Crippen LogP contribution in [0.2, 0.25) is 0 Å². The number of nitrogens with one attached hydrogen (secondary N) is 1. The number of rotatable bonds is 5. The van der Waals surface area contributed by atoms with E-state index >= 15 is 0 Å². The molecule has 0 bridgehead atoms.